The summed E-state index contributed by atoms with van der Waals surface area (Å²) < 4.78 is 30.1. The molecule has 1 heterocycles. The second-order valence-corrected chi connectivity index (χ2v) is 6.21. The van der Waals surface area contributed by atoms with Crippen molar-refractivity contribution >= 4 is 28.8 Å². The molecule has 0 bridgehead atoms. The quantitative estimate of drug-likeness (QED) is 0.694. The molecule has 1 N–H and O–H groups in total. The van der Waals surface area contributed by atoms with Crippen LogP contribution in [0, 0.1) is 11.6 Å². The topological polar surface area (TPSA) is 59.3 Å². The van der Waals surface area contributed by atoms with Crippen molar-refractivity contribution in [1.82, 2.24) is 4.57 Å². The first-order chi connectivity index (χ1) is 12.5. The van der Waals surface area contributed by atoms with E-state index < -0.39 is 17.1 Å². The third-order valence-electron chi connectivity index (χ3n) is 4.16. The molecular weight excluding hydrogens is 364 g/mol. The molecular formula is C19H14ClF2NO3. The van der Waals surface area contributed by atoms with Crippen LogP contribution in [0.2, 0.25) is 5.02 Å². The van der Waals surface area contributed by atoms with Gasteiger partial charge in [0, 0.05) is 24.5 Å². The van der Waals surface area contributed by atoms with E-state index in [9.17, 15) is 18.4 Å². The summed E-state index contributed by atoms with van der Waals surface area (Å²) in [5.41, 5.74) is -0.0933. The molecule has 4 nitrogen and oxygen atoms in total. The van der Waals surface area contributed by atoms with E-state index in [4.69, 9.17) is 16.7 Å². The third kappa shape index (κ3) is 3.25. The highest BCUT2D eigenvalue weighted by molar-refractivity contribution is 6.30. The zero-order valence-electron chi connectivity index (χ0n) is 13.5. The summed E-state index contributed by atoms with van der Waals surface area (Å²) in [6.45, 7) is -0.146. The first-order valence-corrected chi connectivity index (χ1v) is 8.18. The molecule has 0 unspecified atom stereocenters. The summed E-state index contributed by atoms with van der Waals surface area (Å²) in [7, 11) is 0. The highest BCUT2D eigenvalue weighted by atomic mass is 35.5. The minimum atomic E-state index is -0.645. The predicted octanol–water partition coefficient (Wildman–Crippen LogP) is 3.33. The van der Waals surface area contributed by atoms with Crippen molar-refractivity contribution in [3.05, 3.63) is 80.1 Å². The van der Waals surface area contributed by atoms with Crippen molar-refractivity contribution in [3.63, 3.8) is 0 Å². The van der Waals surface area contributed by atoms with Crippen molar-refractivity contribution in [3.8, 4) is 0 Å². The van der Waals surface area contributed by atoms with E-state index in [1.54, 1.807) is 6.07 Å². The Bertz CT molecular complexity index is 1060. The molecule has 3 rings (SSSR count). The van der Waals surface area contributed by atoms with E-state index in [2.05, 4.69) is 0 Å². The molecule has 1 aromatic heterocycles. The summed E-state index contributed by atoms with van der Waals surface area (Å²) in [6, 6.07) is 6.89. The van der Waals surface area contributed by atoms with Crippen LogP contribution in [0.15, 0.2) is 41.3 Å². The van der Waals surface area contributed by atoms with Crippen LogP contribution in [0.25, 0.3) is 10.9 Å². The lowest BCUT2D eigenvalue weighted by Gasteiger charge is -2.13. The number of carbonyl (C=O) groups excluding carboxylic acids is 1. The molecule has 0 aliphatic heterocycles. The summed E-state index contributed by atoms with van der Waals surface area (Å²) in [4.78, 5) is 23.6. The number of hydrogen-bond acceptors (Lipinski definition) is 3. The fourth-order valence-corrected chi connectivity index (χ4v) is 3.08. The molecule has 134 valence electrons. The lowest BCUT2D eigenvalue weighted by Crippen LogP contribution is -2.16. The van der Waals surface area contributed by atoms with Crippen LogP contribution in [0.3, 0.4) is 0 Å². The van der Waals surface area contributed by atoms with Crippen LogP contribution in [-0.2, 0) is 13.0 Å². The van der Waals surface area contributed by atoms with Crippen LogP contribution >= 0.6 is 11.6 Å². The number of aliphatic hydroxyl groups is 1. The smallest absolute Gasteiger partial charge is 0.199 e. The average molecular weight is 378 g/mol. The summed E-state index contributed by atoms with van der Waals surface area (Å²) in [6.07, 6.45) is 1.60. The van der Waals surface area contributed by atoms with Crippen LogP contribution in [0.4, 0.5) is 8.78 Å². The standard InChI is InChI=1S/C19H14ClF2NO3/c20-15-3-1-2-11(18(15)22)6-12-7-14-17(8-16(12)21)23(4-5-24)9-13(10-25)19(14)26/h1-3,7-10,24H,4-6H2. The van der Waals surface area contributed by atoms with Gasteiger partial charge in [-0.25, -0.2) is 8.78 Å². The van der Waals surface area contributed by atoms with Gasteiger partial charge in [-0.2, -0.15) is 0 Å². The monoisotopic (exact) mass is 377 g/mol. The number of nitrogens with zero attached hydrogens (tertiary/aromatic N) is 1. The average Bonchev–Trinajstić information content (AvgIpc) is 2.62. The van der Waals surface area contributed by atoms with E-state index in [1.165, 1.54) is 29.0 Å². The number of hydrogen-bond donors (Lipinski definition) is 1. The Morgan fingerprint density at radius 3 is 2.65 bits per heavy atom. The van der Waals surface area contributed by atoms with Crippen LogP contribution < -0.4 is 5.43 Å². The van der Waals surface area contributed by atoms with Crippen LogP contribution in [0.5, 0.6) is 0 Å². The van der Waals surface area contributed by atoms with E-state index in [0.29, 0.717) is 6.29 Å². The predicted molar refractivity (Wildman–Crippen MR) is 94.9 cm³/mol. The van der Waals surface area contributed by atoms with Gasteiger partial charge in [0.1, 0.15) is 11.6 Å². The molecule has 26 heavy (non-hydrogen) atoms. The van der Waals surface area contributed by atoms with Crippen LogP contribution in [-0.4, -0.2) is 22.6 Å². The Labute approximate surface area is 152 Å². The van der Waals surface area contributed by atoms with Crippen molar-refractivity contribution < 1.29 is 18.7 Å². The maximum Gasteiger partial charge on any atom is 0.199 e. The first-order valence-electron chi connectivity index (χ1n) is 7.80. The number of carbonyl (C=O) groups is 1. The SMILES string of the molecule is O=Cc1cn(CCO)c2cc(F)c(Cc3cccc(Cl)c3F)cc2c1=O. The van der Waals surface area contributed by atoms with E-state index in [-0.39, 0.29) is 52.2 Å². The molecule has 2 aromatic carbocycles. The van der Waals surface area contributed by atoms with Gasteiger partial charge in [0.15, 0.2) is 11.7 Å². The van der Waals surface area contributed by atoms with E-state index in [1.807, 2.05) is 0 Å². The molecule has 0 radical (unpaired) electrons. The molecule has 3 aromatic rings. The molecule has 0 aliphatic carbocycles. The Morgan fingerprint density at radius 1 is 1.19 bits per heavy atom. The lowest BCUT2D eigenvalue weighted by atomic mass is 10.0. The fourth-order valence-electron chi connectivity index (χ4n) is 2.88. The number of benzene rings is 2. The lowest BCUT2D eigenvalue weighted by molar-refractivity contribution is 0.112. The van der Waals surface area contributed by atoms with Gasteiger partial charge >= 0.3 is 0 Å². The van der Waals surface area contributed by atoms with E-state index in [0.717, 1.165) is 6.07 Å². The number of aliphatic hydroxyl groups excluding tert-OH is 1. The van der Waals surface area contributed by atoms with Gasteiger partial charge in [-0.1, -0.05) is 23.7 Å². The van der Waals surface area contributed by atoms with Crippen molar-refractivity contribution in [2.24, 2.45) is 0 Å². The normalized spacial score (nSPS) is 11.1. The van der Waals surface area contributed by atoms with Gasteiger partial charge < -0.3 is 9.67 Å². The summed E-state index contributed by atoms with van der Waals surface area (Å²) >= 11 is 5.75. The second kappa shape index (κ2) is 7.35. The molecule has 7 heteroatoms. The molecule has 0 aliphatic rings. The Kier molecular flexibility index (Phi) is 5.15. The minimum Gasteiger partial charge on any atom is -0.395 e. The largest absolute Gasteiger partial charge is 0.395 e. The number of fused-ring (bicyclic) bond motifs is 1. The van der Waals surface area contributed by atoms with Gasteiger partial charge in [0.2, 0.25) is 0 Å². The molecule has 0 saturated carbocycles. The zero-order chi connectivity index (χ0) is 18.8. The minimum absolute atomic E-state index is 0.0720. The Balaban J connectivity index is 2.20. The molecule has 0 spiro atoms. The van der Waals surface area contributed by atoms with Crippen LogP contribution in [0.1, 0.15) is 21.5 Å². The Morgan fingerprint density at radius 2 is 1.96 bits per heavy atom. The number of rotatable bonds is 5. The number of pyridine rings is 1. The molecule has 0 atom stereocenters. The van der Waals surface area contributed by atoms with Gasteiger partial charge in [0.05, 0.1) is 22.7 Å². The van der Waals surface area contributed by atoms with Gasteiger partial charge in [-0.3, -0.25) is 9.59 Å². The highest BCUT2D eigenvalue weighted by Crippen LogP contribution is 2.24. The summed E-state index contributed by atoms with van der Waals surface area (Å²) in [5, 5.41) is 9.21. The maximum atomic E-state index is 14.6. The van der Waals surface area contributed by atoms with Gasteiger partial charge in [0.25, 0.3) is 0 Å². The highest BCUT2D eigenvalue weighted by Gasteiger charge is 2.15. The maximum absolute atomic E-state index is 14.6. The van der Waals surface area contributed by atoms with Crippen molar-refractivity contribution in [1.29, 1.82) is 0 Å². The second-order valence-electron chi connectivity index (χ2n) is 5.80. The van der Waals surface area contributed by atoms with Crippen molar-refractivity contribution in [2.45, 2.75) is 13.0 Å². The number of aromatic nitrogens is 1. The Hall–Kier alpha value is -2.57. The fraction of sp³-hybridized carbons (Fsp3) is 0.158. The van der Waals surface area contributed by atoms with E-state index >= 15 is 0 Å². The van der Waals surface area contributed by atoms with Gasteiger partial charge in [-0.05, 0) is 29.3 Å². The third-order valence-corrected chi connectivity index (χ3v) is 4.45. The zero-order valence-corrected chi connectivity index (χ0v) is 14.3. The molecule has 0 amide bonds. The first kappa shape index (κ1) is 18.2. The molecule has 0 saturated heterocycles. The number of aldehydes is 1. The number of halogens is 3. The van der Waals surface area contributed by atoms with Crippen molar-refractivity contribution in [2.75, 3.05) is 6.61 Å². The molecule has 0 fully saturated rings. The summed E-state index contributed by atoms with van der Waals surface area (Å²) in [5.74, 6) is -1.27. The van der Waals surface area contributed by atoms with Gasteiger partial charge in [-0.15, -0.1) is 0 Å².